The van der Waals surface area contributed by atoms with Crippen LogP contribution in [-0.4, -0.2) is 18.3 Å². The van der Waals surface area contributed by atoms with E-state index in [4.69, 9.17) is 9.52 Å². The molecule has 0 spiro atoms. The van der Waals surface area contributed by atoms with Crippen molar-refractivity contribution in [3.8, 4) is 0 Å². The summed E-state index contributed by atoms with van der Waals surface area (Å²) >= 11 is 0. The van der Waals surface area contributed by atoms with Gasteiger partial charge in [-0.05, 0) is 24.6 Å². The first kappa shape index (κ1) is 10.7. The Morgan fingerprint density at radius 2 is 2.19 bits per heavy atom. The molecule has 0 bridgehead atoms. The second-order valence-corrected chi connectivity index (χ2v) is 3.61. The highest BCUT2D eigenvalue weighted by atomic mass is 16.4. The highest BCUT2D eigenvalue weighted by Crippen LogP contribution is 2.20. The van der Waals surface area contributed by atoms with Gasteiger partial charge in [0.25, 0.3) is 0 Å². The summed E-state index contributed by atoms with van der Waals surface area (Å²) in [5, 5.41) is 12.6. The van der Waals surface area contributed by atoms with Crippen LogP contribution in [0.5, 0.6) is 0 Å². The average Bonchev–Trinajstić information content (AvgIpc) is 2.25. The molecule has 1 aromatic heterocycles. The average molecular weight is 219 g/mol. The van der Waals surface area contributed by atoms with Crippen LogP contribution in [0.1, 0.15) is 5.56 Å². The first-order chi connectivity index (χ1) is 7.70. The van der Waals surface area contributed by atoms with Crippen molar-refractivity contribution >= 4 is 16.7 Å². The quantitative estimate of drug-likeness (QED) is 0.768. The third-order valence-corrected chi connectivity index (χ3v) is 2.39. The third-order valence-electron chi connectivity index (χ3n) is 2.39. The predicted octanol–water partition coefficient (Wildman–Crippen LogP) is 1.51. The number of hydrogen-bond acceptors (Lipinski definition) is 4. The molecule has 0 unspecified atom stereocenters. The fraction of sp³-hybridized carbons (Fsp3) is 0.250. The van der Waals surface area contributed by atoms with Crippen LogP contribution in [0.2, 0.25) is 0 Å². The van der Waals surface area contributed by atoms with Gasteiger partial charge in [-0.2, -0.15) is 0 Å². The third kappa shape index (κ3) is 2.06. The first-order valence-corrected chi connectivity index (χ1v) is 5.10. The lowest BCUT2D eigenvalue weighted by Crippen LogP contribution is -2.05. The SMILES string of the molecule is Cc1cc(=O)oc2cc(NCCO)ccc12. The van der Waals surface area contributed by atoms with Gasteiger partial charge in [-0.1, -0.05) is 0 Å². The number of nitrogens with one attached hydrogen (secondary N) is 1. The van der Waals surface area contributed by atoms with Crippen molar-refractivity contribution in [2.75, 3.05) is 18.5 Å². The molecular weight excluding hydrogens is 206 g/mol. The second-order valence-electron chi connectivity index (χ2n) is 3.61. The van der Waals surface area contributed by atoms with E-state index in [0.717, 1.165) is 16.6 Å². The lowest BCUT2D eigenvalue weighted by molar-refractivity contribution is 0.311. The molecule has 16 heavy (non-hydrogen) atoms. The monoisotopic (exact) mass is 219 g/mol. The van der Waals surface area contributed by atoms with Crippen molar-refractivity contribution in [3.63, 3.8) is 0 Å². The first-order valence-electron chi connectivity index (χ1n) is 5.10. The van der Waals surface area contributed by atoms with Crippen molar-refractivity contribution in [3.05, 3.63) is 40.2 Å². The van der Waals surface area contributed by atoms with Gasteiger partial charge in [0.05, 0.1) is 6.61 Å². The van der Waals surface area contributed by atoms with Crippen molar-refractivity contribution < 1.29 is 9.52 Å². The van der Waals surface area contributed by atoms with Crippen LogP contribution >= 0.6 is 0 Å². The van der Waals surface area contributed by atoms with E-state index in [1.165, 1.54) is 6.07 Å². The van der Waals surface area contributed by atoms with Gasteiger partial charge in [0.1, 0.15) is 5.58 Å². The van der Waals surface area contributed by atoms with Gasteiger partial charge in [0.15, 0.2) is 0 Å². The molecule has 4 nitrogen and oxygen atoms in total. The summed E-state index contributed by atoms with van der Waals surface area (Å²) < 4.78 is 5.11. The van der Waals surface area contributed by atoms with E-state index in [1.54, 1.807) is 6.07 Å². The Kier molecular flexibility index (Phi) is 2.92. The Hall–Kier alpha value is -1.81. The fourth-order valence-corrected chi connectivity index (χ4v) is 1.64. The molecule has 4 heteroatoms. The van der Waals surface area contributed by atoms with E-state index in [1.807, 2.05) is 19.1 Å². The van der Waals surface area contributed by atoms with Gasteiger partial charge in [-0.25, -0.2) is 4.79 Å². The zero-order chi connectivity index (χ0) is 11.5. The second kappa shape index (κ2) is 4.37. The maximum absolute atomic E-state index is 11.2. The van der Waals surface area contributed by atoms with Gasteiger partial charge < -0.3 is 14.8 Å². The maximum Gasteiger partial charge on any atom is 0.336 e. The minimum atomic E-state index is -0.343. The van der Waals surface area contributed by atoms with E-state index < -0.39 is 0 Å². The fourth-order valence-electron chi connectivity index (χ4n) is 1.64. The van der Waals surface area contributed by atoms with Crippen LogP contribution in [-0.2, 0) is 0 Å². The summed E-state index contributed by atoms with van der Waals surface area (Å²) in [4.78, 5) is 11.2. The number of aryl methyl sites for hydroxylation is 1. The van der Waals surface area contributed by atoms with Crippen LogP contribution in [0.3, 0.4) is 0 Å². The number of anilines is 1. The summed E-state index contributed by atoms with van der Waals surface area (Å²) in [5.41, 5.74) is 1.95. The maximum atomic E-state index is 11.2. The number of rotatable bonds is 3. The Balaban J connectivity index is 2.49. The molecule has 0 radical (unpaired) electrons. The lowest BCUT2D eigenvalue weighted by Gasteiger charge is -2.06. The number of benzene rings is 1. The summed E-state index contributed by atoms with van der Waals surface area (Å²) in [6.45, 7) is 2.41. The molecule has 0 atom stereocenters. The molecule has 1 heterocycles. The van der Waals surface area contributed by atoms with E-state index in [-0.39, 0.29) is 12.2 Å². The Morgan fingerprint density at radius 1 is 1.38 bits per heavy atom. The molecule has 0 amide bonds. The lowest BCUT2D eigenvalue weighted by atomic mass is 10.1. The van der Waals surface area contributed by atoms with Crippen molar-refractivity contribution in [2.45, 2.75) is 6.92 Å². The minimum absolute atomic E-state index is 0.0653. The van der Waals surface area contributed by atoms with E-state index in [2.05, 4.69) is 5.32 Å². The minimum Gasteiger partial charge on any atom is -0.423 e. The smallest absolute Gasteiger partial charge is 0.336 e. The van der Waals surface area contributed by atoms with Gasteiger partial charge >= 0.3 is 5.63 Å². The predicted molar refractivity (Wildman–Crippen MR) is 62.8 cm³/mol. The summed E-state index contributed by atoms with van der Waals surface area (Å²) in [5.74, 6) is 0. The molecule has 0 aliphatic heterocycles. The van der Waals surface area contributed by atoms with Crippen LogP contribution in [0.15, 0.2) is 33.5 Å². The summed E-state index contributed by atoms with van der Waals surface area (Å²) in [7, 11) is 0. The Bertz CT molecular complexity index is 560. The zero-order valence-electron chi connectivity index (χ0n) is 8.99. The van der Waals surface area contributed by atoms with Crippen LogP contribution in [0.25, 0.3) is 11.0 Å². The van der Waals surface area contributed by atoms with Gasteiger partial charge in [-0.3, -0.25) is 0 Å². The standard InChI is InChI=1S/C12H13NO3/c1-8-6-12(15)16-11-7-9(13-4-5-14)2-3-10(8)11/h2-3,6-7,13-14H,4-5H2,1H3. The highest BCUT2D eigenvalue weighted by molar-refractivity contribution is 5.83. The molecule has 0 saturated heterocycles. The normalized spacial score (nSPS) is 10.6. The Morgan fingerprint density at radius 3 is 2.94 bits per heavy atom. The molecule has 0 aliphatic rings. The van der Waals surface area contributed by atoms with E-state index >= 15 is 0 Å². The molecule has 2 rings (SSSR count). The van der Waals surface area contributed by atoms with Gasteiger partial charge in [0, 0.05) is 29.8 Å². The zero-order valence-corrected chi connectivity index (χ0v) is 8.99. The molecule has 0 saturated carbocycles. The number of aliphatic hydroxyl groups is 1. The molecule has 1 aromatic carbocycles. The summed E-state index contributed by atoms with van der Waals surface area (Å²) in [6.07, 6.45) is 0. The largest absolute Gasteiger partial charge is 0.423 e. The van der Waals surface area contributed by atoms with Crippen LogP contribution < -0.4 is 10.9 Å². The number of fused-ring (bicyclic) bond motifs is 1. The highest BCUT2D eigenvalue weighted by Gasteiger charge is 2.02. The topological polar surface area (TPSA) is 62.5 Å². The summed E-state index contributed by atoms with van der Waals surface area (Å²) in [6, 6.07) is 7.03. The van der Waals surface area contributed by atoms with Gasteiger partial charge in [-0.15, -0.1) is 0 Å². The number of aliphatic hydroxyl groups excluding tert-OH is 1. The van der Waals surface area contributed by atoms with Crippen LogP contribution in [0.4, 0.5) is 5.69 Å². The Labute approximate surface area is 92.5 Å². The molecular formula is C12H13NO3. The van der Waals surface area contributed by atoms with E-state index in [0.29, 0.717) is 12.1 Å². The molecule has 2 aromatic rings. The molecule has 0 fully saturated rings. The molecule has 84 valence electrons. The number of hydrogen-bond donors (Lipinski definition) is 2. The van der Waals surface area contributed by atoms with Crippen molar-refractivity contribution in [1.82, 2.24) is 0 Å². The van der Waals surface area contributed by atoms with Crippen LogP contribution in [0, 0.1) is 6.92 Å². The molecule has 2 N–H and O–H groups in total. The molecule has 0 aliphatic carbocycles. The van der Waals surface area contributed by atoms with Crippen molar-refractivity contribution in [2.24, 2.45) is 0 Å². The van der Waals surface area contributed by atoms with E-state index in [9.17, 15) is 4.79 Å². The van der Waals surface area contributed by atoms with Gasteiger partial charge in [0.2, 0.25) is 0 Å². The van der Waals surface area contributed by atoms with Crippen molar-refractivity contribution in [1.29, 1.82) is 0 Å².